The number of nitrogens with one attached hydrogen (secondary N) is 1. The molecule has 1 aromatic heterocycles. The molecule has 0 radical (unpaired) electrons. The smallest absolute Gasteiger partial charge is 0.151 e. The molecule has 0 spiro atoms. The van der Waals surface area contributed by atoms with Crippen molar-refractivity contribution in [3.63, 3.8) is 0 Å². The molecule has 0 saturated carbocycles. The third kappa shape index (κ3) is 4.05. The number of anilines is 1. The fraction of sp³-hybridized carbons (Fsp3) is 0.500. The first-order valence-electron chi connectivity index (χ1n) is 3.99. The van der Waals surface area contributed by atoms with Crippen molar-refractivity contribution >= 4 is 17.4 Å². The first kappa shape index (κ1) is 10.2. The second-order valence-electron chi connectivity index (χ2n) is 3.58. The lowest BCUT2D eigenvalue weighted by atomic mass is 10.1. The van der Waals surface area contributed by atoms with Gasteiger partial charge >= 0.3 is 0 Å². The van der Waals surface area contributed by atoms with Gasteiger partial charge in [-0.05, 0) is 26.0 Å². The Morgan fingerprint density at radius 3 is 2.62 bits per heavy atom. The van der Waals surface area contributed by atoms with Crippen molar-refractivity contribution in [3.05, 3.63) is 17.3 Å². The summed E-state index contributed by atoms with van der Waals surface area (Å²) in [5, 5.41) is 11.0. The third-order valence-electron chi connectivity index (χ3n) is 1.36. The second-order valence-corrected chi connectivity index (χ2v) is 3.97. The summed E-state index contributed by atoms with van der Waals surface area (Å²) in [7, 11) is 0. The molecular weight excluding hydrogens is 188 g/mol. The number of aromatic nitrogens is 2. The molecule has 0 atom stereocenters. The van der Waals surface area contributed by atoms with Crippen molar-refractivity contribution in [2.45, 2.75) is 19.4 Å². The SMILES string of the molecule is CC(C)(N)CNc1ccc(Cl)nn1. The van der Waals surface area contributed by atoms with E-state index < -0.39 is 0 Å². The van der Waals surface area contributed by atoms with E-state index >= 15 is 0 Å². The number of nitrogens with zero attached hydrogens (tertiary/aromatic N) is 2. The van der Waals surface area contributed by atoms with Crippen LogP contribution in [-0.4, -0.2) is 22.3 Å². The van der Waals surface area contributed by atoms with Gasteiger partial charge in [-0.15, -0.1) is 10.2 Å². The minimum atomic E-state index is -0.263. The van der Waals surface area contributed by atoms with Crippen LogP contribution in [0.15, 0.2) is 12.1 Å². The van der Waals surface area contributed by atoms with Crippen LogP contribution >= 0.6 is 11.6 Å². The van der Waals surface area contributed by atoms with Crippen molar-refractivity contribution in [3.8, 4) is 0 Å². The second kappa shape index (κ2) is 3.89. The lowest BCUT2D eigenvalue weighted by molar-refractivity contribution is 0.548. The molecular formula is C8H13ClN4. The molecule has 3 N–H and O–H groups in total. The highest BCUT2D eigenvalue weighted by atomic mass is 35.5. The molecule has 4 nitrogen and oxygen atoms in total. The largest absolute Gasteiger partial charge is 0.367 e. The van der Waals surface area contributed by atoms with Gasteiger partial charge in [0.1, 0.15) is 5.82 Å². The Balaban J connectivity index is 2.51. The molecule has 0 unspecified atom stereocenters. The van der Waals surface area contributed by atoms with Gasteiger partial charge in [0.25, 0.3) is 0 Å². The van der Waals surface area contributed by atoms with E-state index in [1.165, 1.54) is 0 Å². The third-order valence-corrected chi connectivity index (χ3v) is 1.56. The van der Waals surface area contributed by atoms with Gasteiger partial charge in [-0.2, -0.15) is 0 Å². The monoisotopic (exact) mass is 200 g/mol. The molecule has 0 aliphatic rings. The number of nitrogens with two attached hydrogens (primary N) is 1. The van der Waals surface area contributed by atoms with Gasteiger partial charge in [0.05, 0.1) is 0 Å². The number of rotatable bonds is 3. The normalized spacial score (nSPS) is 11.4. The molecule has 72 valence electrons. The van der Waals surface area contributed by atoms with Gasteiger partial charge in [0.15, 0.2) is 5.15 Å². The van der Waals surface area contributed by atoms with Crippen LogP contribution < -0.4 is 11.1 Å². The lowest BCUT2D eigenvalue weighted by Gasteiger charge is -2.18. The van der Waals surface area contributed by atoms with Crippen LogP contribution in [0.5, 0.6) is 0 Å². The van der Waals surface area contributed by atoms with Crippen molar-refractivity contribution in [2.24, 2.45) is 5.73 Å². The van der Waals surface area contributed by atoms with Crippen LogP contribution in [0.3, 0.4) is 0 Å². The van der Waals surface area contributed by atoms with E-state index in [0.717, 1.165) is 0 Å². The number of hydrogen-bond acceptors (Lipinski definition) is 4. The van der Waals surface area contributed by atoms with Gasteiger partial charge < -0.3 is 11.1 Å². The highest BCUT2D eigenvalue weighted by Gasteiger charge is 2.09. The van der Waals surface area contributed by atoms with E-state index in [1.807, 2.05) is 13.8 Å². The molecule has 0 aromatic carbocycles. The molecule has 0 amide bonds. The van der Waals surface area contributed by atoms with Crippen molar-refractivity contribution in [2.75, 3.05) is 11.9 Å². The summed E-state index contributed by atoms with van der Waals surface area (Å²) in [5.41, 5.74) is 5.51. The molecule has 1 rings (SSSR count). The summed E-state index contributed by atoms with van der Waals surface area (Å²) in [4.78, 5) is 0. The van der Waals surface area contributed by atoms with E-state index in [0.29, 0.717) is 17.5 Å². The maximum Gasteiger partial charge on any atom is 0.151 e. The van der Waals surface area contributed by atoms with Crippen LogP contribution in [0.25, 0.3) is 0 Å². The van der Waals surface area contributed by atoms with Crippen LogP contribution in [0.4, 0.5) is 5.82 Å². The van der Waals surface area contributed by atoms with Crippen molar-refractivity contribution in [1.82, 2.24) is 10.2 Å². The Bertz CT molecular complexity index is 264. The maximum atomic E-state index is 5.78. The molecule has 0 aliphatic carbocycles. The zero-order valence-electron chi connectivity index (χ0n) is 7.71. The topological polar surface area (TPSA) is 63.8 Å². The van der Waals surface area contributed by atoms with Crippen molar-refractivity contribution in [1.29, 1.82) is 0 Å². The molecule has 0 saturated heterocycles. The fourth-order valence-corrected chi connectivity index (χ4v) is 0.829. The highest BCUT2D eigenvalue weighted by molar-refractivity contribution is 6.29. The highest BCUT2D eigenvalue weighted by Crippen LogP contribution is 2.07. The zero-order chi connectivity index (χ0) is 9.90. The standard InChI is InChI=1S/C8H13ClN4/c1-8(2,10)5-11-7-4-3-6(9)12-13-7/h3-4H,5,10H2,1-2H3,(H,11,13). The van der Waals surface area contributed by atoms with E-state index in [4.69, 9.17) is 17.3 Å². The van der Waals surface area contributed by atoms with Gasteiger partial charge in [0, 0.05) is 12.1 Å². The number of halogens is 1. The Morgan fingerprint density at radius 1 is 1.46 bits per heavy atom. The van der Waals surface area contributed by atoms with Crippen LogP contribution in [-0.2, 0) is 0 Å². The summed E-state index contributed by atoms with van der Waals surface area (Å²) in [6.07, 6.45) is 0. The van der Waals surface area contributed by atoms with Crippen LogP contribution in [0.2, 0.25) is 5.15 Å². The molecule has 5 heteroatoms. The summed E-state index contributed by atoms with van der Waals surface area (Å²) < 4.78 is 0. The Hall–Kier alpha value is -0.870. The number of hydrogen-bond donors (Lipinski definition) is 2. The van der Waals surface area contributed by atoms with E-state index in [2.05, 4.69) is 15.5 Å². The lowest BCUT2D eigenvalue weighted by Crippen LogP contribution is -2.39. The molecule has 0 fully saturated rings. The maximum absolute atomic E-state index is 5.78. The molecule has 0 bridgehead atoms. The minimum Gasteiger partial charge on any atom is -0.367 e. The van der Waals surface area contributed by atoms with Crippen LogP contribution in [0, 0.1) is 0 Å². The quantitative estimate of drug-likeness (QED) is 0.772. The molecule has 0 aliphatic heterocycles. The first-order valence-corrected chi connectivity index (χ1v) is 4.37. The van der Waals surface area contributed by atoms with E-state index in [1.54, 1.807) is 12.1 Å². The Morgan fingerprint density at radius 2 is 2.15 bits per heavy atom. The summed E-state index contributed by atoms with van der Waals surface area (Å²) in [6, 6.07) is 3.45. The van der Waals surface area contributed by atoms with Gasteiger partial charge in [-0.25, -0.2) is 0 Å². The van der Waals surface area contributed by atoms with Crippen LogP contribution in [0.1, 0.15) is 13.8 Å². The van der Waals surface area contributed by atoms with Crippen molar-refractivity contribution < 1.29 is 0 Å². The summed E-state index contributed by atoms with van der Waals surface area (Å²) in [5.74, 6) is 0.683. The first-order chi connectivity index (χ1) is 5.97. The Labute approximate surface area is 82.5 Å². The summed E-state index contributed by atoms with van der Waals surface area (Å²) in [6.45, 7) is 4.51. The van der Waals surface area contributed by atoms with E-state index in [9.17, 15) is 0 Å². The molecule has 1 aromatic rings. The summed E-state index contributed by atoms with van der Waals surface area (Å²) >= 11 is 5.58. The molecule has 13 heavy (non-hydrogen) atoms. The predicted octanol–water partition coefficient (Wildman–Crippen LogP) is 1.28. The molecule has 1 heterocycles. The van der Waals surface area contributed by atoms with Gasteiger partial charge in [-0.3, -0.25) is 0 Å². The predicted molar refractivity (Wildman–Crippen MR) is 53.8 cm³/mol. The zero-order valence-corrected chi connectivity index (χ0v) is 8.47. The Kier molecular flexibility index (Phi) is 3.06. The minimum absolute atomic E-state index is 0.263. The van der Waals surface area contributed by atoms with Gasteiger partial charge in [-0.1, -0.05) is 11.6 Å². The fourth-order valence-electron chi connectivity index (χ4n) is 0.729. The van der Waals surface area contributed by atoms with E-state index in [-0.39, 0.29) is 5.54 Å². The van der Waals surface area contributed by atoms with Gasteiger partial charge in [0.2, 0.25) is 0 Å². The average molecular weight is 201 g/mol. The average Bonchev–Trinajstić information content (AvgIpc) is 2.02.